The Balaban J connectivity index is 1.83. The van der Waals surface area contributed by atoms with Crippen LogP contribution < -0.4 is 5.32 Å². The fourth-order valence-electron chi connectivity index (χ4n) is 2.70. The van der Waals surface area contributed by atoms with Crippen LogP contribution in [0.3, 0.4) is 0 Å². The van der Waals surface area contributed by atoms with Gasteiger partial charge in [0.2, 0.25) is 0 Å². The average Bonchev–Trinajstić information content (AvgIpc) is 2.86. The average molecular weight is 318 g/mol. The summed E-state index contributed by atoms with van der Waals surface area (Å²) in [6.45, 7) is 3.00. The third-order valence-corrected chi connectivity index (χ3v) is 4.72. The van der Waals surface area contributed by atoms with Crippen molar-refractivity contribution >= 4 is 11.8 Å². The van der Waals surface area contributed by atoms with Gasteiger partial charge in [-0.2, -0.15) is 13.2 Å². The van der Waals surface area contributed by atoms with Crippen LogP contribution >= 0.6 is 11.8 Å². The van der Waals surface area contributed by atoms with Gasteiger partial charge in [-0.3, -0.25) is 4.90 Å². The van der Waals surface area contributed by atoms with Crippen LogP contribution in [-0.2, 0) is 6.18 Å². The van der Waals surface area contributed by atoms with E-state index in [4.69, 9.17) is 0 Å². The van der Waals surface area contributed by atoms with E-state index in [9.17, 15) is 13.2 Å². The van der Waals surface area contributed by atoms with Gasteiger partial charge in [-0.05, 0) is 44.6 Å². The van der Waals surface area contributed by atoms with Gasteiger partial charge >= 0.3 is 6.18 Å². The van der Waals surface area contributed by atoms with E-state index in [1.54, 1.807) is 6.07 Å². The lowest BCUT2D eigenvalue weighted by molar-refractivity contribution is -0.137. The second-order valence-corrected chi connectivity index (χ2v) is 6.43. The zero-order valence-corrected chi connectivity index (χ0v) is 12.9. The van der Waals surface area contributed by atoms with Crippen molar-refractivity contribution in [3.63, 3.8) is 0 Å². The lowest BCUT2D eigenvalue weighted by Gasteiger charge is -2.23. The van der Waals surface area contributed by atoms with E-state index in [0.717, 1.165) is 31.5 Å². The van der Waals surface area contributed by atoms with Crippen molar-refractivity contribution in [2.75, 3.05) is 32.4 Å². The molecular formula is C15H21F3N2S. The van der Waals surface area contributed by atoms with E-state index >= 15 is 0 Å². The molecule has 1 heterocycles. The van der Waals surface area contributed by atoms with Crippen LogP contribution in [0.15, 0.2) is 29.2 Å². The highest BCUT2D eigenvalue weighted by atomic mass is 32.2. The number of likely N-dealkylation sites (N-methyl/N-ethyl adjacent to an activating group) is 1. The summed E-state index contributed by atoms with van der Waals surface area (Å²) in [7, 11) is 1.95. The normalized spacial score (nSPS) is 20.1. The van der Waals surface area contributed by atoms with Gasteiger partial charge in [-0.15, -0.1) is 11.8 Å². The molecule has 21 heavy (non-hydrogen) atoms. The molecule has 1 aliphatic rings. The Morgan fingerprint density at radius 2 is 2.19 bits per heavy atom. The molecule has 6 heteroatoms. The molecule has 1 aromatic rings. The third-order valence-electron chi connectivity index (χ3n) is 3.75. The highest BCUT2D eigenvalue weighted by Crippen LogP contribution is 2.32. The largest absolute Gasteiger partial charge is 0.416 e. The highest BCUT2D eigenvalue weighted by molar-refractivity contribution is 7.99. The van der Waals surface area contributed by atoms with Crippen LogP contribution in [0.25, 0.3) is 0 Å². The van der Waals surface area contributed by atoms with Crippen molar-refractivity contribution in [1.29, 1.82) is 0 Å². The Morgan fingerprint density at radius 3 is 2.90 bits per heavy atom. The van der Waals surface area contributed by atoms with E-state index in [2.05, 4.69) is 10.2 Å². The zero-order chi connectivity index (χ0) is 15.3. The second kappa shape index (κ2) is 7.51. The maximum Gasteiger partial charge on any atom is 0.416 e. The summed E-state index contributed by atoms with van der Waals surface area (Å²) in [5, 5.41) is 3.20. The standard InChI is InChI=1S/C15H21F3N2S/c1-19-11-13-5-3-7-20(13)8-9-21-14-6-2-4-12(10-14)15(16,17)18/h2,4,6,10,13,19H,3,5,7-9,11H2,1H3. The number of thioether (sulfide) groups is 1. The Hall–Kier alpha value is -0.720. The third kappa shape index (κ3) is 4.90. The molecule has 0 spiro atoms. The molecular weight excluding hydrogens is 297 g/mol. The molecule has 1 aromatic carbocycles. The first-order valence-electron chi connectivity index (χ1n) is 7.19. The molecule has 118 valence electrons. The van der Waals surface area contributed by atoms with Crippen LogP contribution in [-0.4, -0.2) is 43.4 Å². The van der Waals surface area contributed by atoms with Crippen molar-refractivity contribution in [3.8, 4) is 0 Å². The number of likely N-dealkylation sites (tertiary alicyclic amines) is 1. The predicted molar refractivity (Wildman–Crippen MR) is 80.7 cm³/mol. The molecule has 1 fully saturated rings. The van der Waals surface area contributed by atoms with Crippen molar-refractivity contribution in [2.45, 2.75) is 30.0 Å². The maximum absolute atomic E-state index is 12.6. The molecule has 1 aliphatic heterocycles. The molecule has 1 unspecified atom stereocenters. The molecule has 2 nitrogen and oxygen atoms in total. The molecule has 2 rings (SSSR count). The van der Waals surface area contributed by atoms with Crippen molar-refractivity contribution in [3.05, 3.63) is 29.8 Å². The van der Waals surface area contributed by atoms with E-state index in [1.807, 2.05) is 7.05 Å². The van der Waals surface area contributed by atoms with Crippen LogP contribution in [0.4, 0.5) is 13.2 Å². The number of alkyl halides is 3. The summed E-state index contributed by atoms with van der Waals surface area (Å²) in [6.07, 6.45) is -1.85. The molecule has 1 N–H and O–H groups in total. The van der Waals surface area contributed by atoms with E-state index in [1.165, 1.54) is 36.7 Å². The number of rotatable bonds is 6. The SMILES string of the molecule is CNCC1CCCN1CCSc1cccc(C(F)(F)F)c1. The number of halogens is 3. The first-order chi connectivity index (χ1) is 10.0. The van der Waals surface area contributed by atoms with Crippen LogP contribution in [0.5, 0.6) is 0 Å². The fraction of sp³-hybridized carbons (Fsp3) is 0.600. The summed E-state index contributed by atoms with van der Waals surface area (Å²) >= 11 is 1.50. The smallest absolute Gasteiger partial charge is 0.318 e. The predicted octanol–water partition coefficient (Wildman–Crippen LogP) is 3.48. The van der Waals surface area contributed by atoms with Crippen LogP contribution in [0.1, 0.15) is 18.4 Å². The number of nitrogens with zero attached hydrogens (tertiary/aromatic N) is 1. The molecule has 0 radical (unpaired) electrons. The van der Waals surface area contributed by atoms with Crippen LogP contribution in [0.2, 0.25) is 0 Å². The minimum Gasteiger partial charge on any atom is -0.318 e. The van der Waals surface area contributed by atoms with Gasteiger partial charge in [-0.1, -0.05) is 6.07 Å². The second-order valence-electron chi connectivity index (χ2n) is 5.26. The Labute approximate surface area is 128 Å². The molecule has 0 aromatic heterocycles. The van der Waals surface area contributed by atoms with E-state index in [0.29, 0.717) is 10.9 Å². The summed E-state index contributed by atoms with van der Waals surface area (Å²) in [4.78, 5) is 3.12. The number of nitrogens with one attached hydrogen (secondary N) is 1. The minimum absolute atomic E-state index is 0.567. The number of hydrogen-bond acceptors (Lipinski definition) is 3. The Kier molecular flexibility index (Phi) is 5.96. The van der Waals surface area contributed by atoms with Crippen molar-refractivity contribution in [1.82, 2.24) is 10.2 Å². The lowest BCUT2D eigenvalue weighted by Crippen LogP contribution is -2.37. The summed E-state index contributed by atoms with van der Waals surface area (Å²) in [5.41, 5.74) is -0.568. The quantitative estimate of drug-likeness (QED) is 0.809. The highest BCUT2D eigenvalue weighted by Gasteiger charge is 2.30. The summed E-state index contributed by atoms with van der Waals surface area (Å²) < 4.78 is 37.9. The molecule has 0 saturated carbocycles. The first-order valence-corrected chi connectivity index (χ1v) is 8.18. The molecule has 0 bridgehead atoms. The van der Waals surface area contributed by atoms with Crippen molar-refractivity contribution in [2.24, 2.45) is 0 Å². The zero-order valence-electron chi connectivity index (χ0n) is 12.1. The number of benzene rings is 1. The summed E-state index contributed by atoms with van der Waals surface area (Å²) in [6, 6.07) is 6.14. The Bertz CT molecular complexity index is 451. The summed E-state index contributed by atoms with van der Waals surface area (Å²) in [5.74, 6) is 0.821. The van der Waals surface area contributed by atoms with Gasteiger partial charge in [0, 0.05) is 29.8 Å². The minimum atomic E-state index is -4.26. The van der Waals surface area contributed by atoms with Gasteiger partial charge in [0.25, 0.3) is 0 Å². The lowest BCUT2D eigenvalue weighted by atomic mass is 10.2. The van der Waals surface area contributed by atoms with Gasteiger partial charge in [-0.25, -0.2) is 0 Å². The fourth-order valence-corrected chi connectivity index (χ4v) is 3.65. The van der Waals surface area contributed by atoms with Gasteiger partial charge in [0.15, 0.2) is 0 Å². The first kappa shape index (κ1) is 16.6. The molecule has 1 saturated heterocycles. The van der Waals surface area contributed by atoms with E-state index in [-0.39, 0.29) is 0 Å². The molecule has 1 atom stereocenters. The van der Waals surface area contributed by atoms with Gasteiger partial charge in [0.1, 0.15) is 0 Å². The monoisotopic (exact) mass is 318 g/mol. The van der Waals surface area contributed by atoms with E-state index < -0.39 is 11.7 Å². The van der Waals surface area contributed by atoms with Crippen molar-refractivity contribution < 1.29 is 13.2 Å². The number of hydrogen-bond donors (Lipinski definition) is 1. The topological polar surface area (TPSA) is 15.3 Å². The molecule has 0 amide bonds. The Morgan fingerprint density at radius 1 is 1.38 bits per heavy atom. The van der Waals surface area contributed by atoms with Crippen LogP contribution in [0, 0.1) is 0 Å². The van der Waals surface area contributed by atoms with Gasteiger partial charge < -0.3 is 5.32 Å². The molecule has 0 aliphatic carbocycles. The maximum atomic E-state index is 12.6. The van der Waals surface area contributed by atoms with Gasteiger partial charge in [0.05, 0.1) is 5.56 Å².